The Balaban J connectivity index is 1.88. The Hall–Kier alpha value is -0.700. The van der Waals surface area contributed by atoms with Gasteiger partial charge in [0.05, 0.1) is 12.2 Å². The molecule has 0 atom stereocenters. The average molecular weight is 296 g/mol. The summed E-state index contributed by atoms with van der Waals surface area (Å²) in [4.78, 5) is 2.56. The van der Waals surface area contributed by atoms with E-state index < -0.39 is 0 Å². The van der Waals surface area contributed by atoms with E-state index in [0.29, 0.717) is 0 Å². The van der Waals surface area contributed by atoms with Crippen LogP contribution in [-0.4, -0.2) is 19.2 Å². The van der Waals surface area contributed by atoms with Gasteiger partial charge in [0.1, 0.15) is 12.4 Å². The highest BCUT2D eigenvalue weighted by Crippen LogP contribution is 2.37. The molecule has 1 heterocycles. The van der Waals surface area contributed by atoms with Crippen molar-refractivity contribution in [3.05, 3.63) is 22.7 Å². The van der Waals surface area contributed by atoms with E-state index in [4.69, 9.17) is 4.74 Å². The summed E-state index contributed by atoms with van der Waals surface area (Å²) in [5.74, 6) is 1.04. The average Bonchev–Trinajstić information content (AvgIpc) is 2.39. The smallest absolute Gasteiger partial charge is 0.143 e. The minimum atomic E-state index is 0.729. The van der Waals surface area contributed by atoms with E-state index >= 15 is 0 Å². The van der Waals surface area contributed by atoms with Crippen LogP contribution >= 0.6 is 15.9 Å². The molecule has 1 fully saturated rings. The predicted molar refractivity (Wildman–Crippen MR) is 73.9 cm³/mol. The van der Waals surface area contributed by atoms with Crippen LogP contribution < -0.4 is 9.64 Å². The maximum atomic E-state index is 5.75. The SMILES string of the molecule is Brc1ccc2c(c1)OCCN2C1CCCCC1. The van der Waals surface area contributed by atoms with Crippen LogP contribution in [0.5, 0.6) is 5.75 Å². The van der Waals surface area contributed by atoms with E-state index in [0.717, 1.165) is 29.4 Å². The fourth-order valence-corrected chi connectivity index (χ4v) is 3.33. The second kappa shape index (κ2) is 4.89. The van der Waals surface area contributed by atoms with Crippen LogP contribution in [0.4, 0.5) is 5.69 Å². The monoisotopic (exact) mass is 295 g/mol. The van der Waals surface area contributed by atoms with E-state index in [1.807, 2.05) is 0 Å². The maximum absolute atomic E-state index is 5.75. The lowest BCUT2D eigenvalue weighted by Gasteiger charge is -2.39. The molecule has 1 aromatic rings. The minimum absolute atomic E-state index is 0.729. The van der Waals surface area contributed by atoms with Crippen molar-refractivity contribution in [2.45, 2.75) is 38.1 Å². The molecular formula is C14H18BrNO. The Labute approximate surface area is 111 Å². The summed E-state index contributed by atoms with van der Waals surface area (Å²) < 4.78 is 6.85. The van der Waals surface area contributed by atoms with Crippen LogP contribution in [0.2, 0.25) is 0 Å². The molecular weight excluding hydrogens is 278 g/mol. The lowest BCUT2D eigenvalue weighted by Crippen LogP contribution is -2.42. The highest BCUT2D eigenvalue weighted by Gasteiger charge is 2.26. The molecule has 92 valence electrons. The number of ether oxygens (including phenoxy) is 1. The molecule has 3 heteroatoms. The molecule has 0 aromatic heterocycles. The molecule has 2 aliphatic rings. The summed E-state index contributed by atoms with van der Waals surface area (Å²) in [6.45, 7) is 1.86. The van der Waals surface area contributed by atoms with Gasteiger partial charge in [0.15, 0.2) is 0 Å². The first-order chi connectivity index (χ1) is 8.34. The standard InChI is InChI=1S/C14H18BrNO/c15-11-6-7-13-14(10-11)17-9-8-16(13)12-4-2-1-3-5-12/h6-7,10,12H,1-5,8-9H2. The van der Waals surface area contributed by atoms with Gasteiger partial charge in [0, 0.05) is 10.5 Å². The largest absolute Gasteiger partial charge is 0.490 e. The third-order valence-corrected chi connectivity index (χ3v) is 4.33. The maximum Gasteiger partial charge on any atom is 0.143 e. The molecule has 0 radical (unpaired) electrons. The Morgan fingerprint density at radius 2 is 2.00 bits per heavy atom. The Morgan fingerprint density at radius 3 is 2.82 bits per heavy atom. The molecule has 0 saturated heterocycles. The number of hydrogen-bond donors (Lipinski definition) is 0. The number of hydrogen-bond acceptors (Lipinski definition) is 2. The van der Waals surface area contributed by atoms with Crippen LogP contribution in [-0.2, 0) is 0 Å². The third-order valence-electron chi connectivity index (χ3n) is 3.84. The summed E-state index contributed by atoms with van der Waals surface area (Å²) in [6.07, 6.45) is 6.86. The number of fused-ring (bicyclic) bond motifs is 1. The fourth-order valence-electron chi connectivity index (χ4n) is 2.99. The van der Waals surface area contributed by atoms with Crippen LogP contribution in [0, 0.1) is 0 Å². The number of benzene rings is 1. The van der Waals surface area contributed by atoms with Gasteiger partial charge in [-0.15, -0.1) is 0 Å². The molecule has 17 heavy (non-hydrogen) atoms. The molecule has 1 saturated carbocycles. The van der Waals surface area contributed by atoms with Crippen molar-refractivity contribution in [2.24, 2.45) is 0 Å². The summed E-state index contributed by atoms with van der Waals surface area (Å²) in [5, 5.41) is 0. The van der Waals surface area contributed by atoms with Gasteiger partial charge in [0.2, 0.25) is 0 Å². The van der Waals surface area contributed by atoms with E-state index in [-0.39, 0.29) is 0 Å². The molecule has 0 N–H and O–H groups in total. The lowest BCUT2D eigenvalue weighted by atomic mass is 9.93. The van der Waals surface area contributed by atoms with Crippen LogP contribution in [0.3, 0.4) is 0 Å². The molecule has 0 amide bonds. The molecule has 1 aromatic carbocycles. The van der Waals surface area contributed by atoms with Gasteiger partial charge in [-0.1, -0.05) is 35.2 Å². The van der Waals surface area contributed by atoms with Gasteiger partial charge in [-0.05, 0) is 31.0 Å². The lowest BCUT2D eigenvalue weighted by molar-refractivity contribution is 0.288. The Morgan fingerprint density at radius 1 is 1.18 bits per heavy atom. The predicted octanol–water partition coefficient (Wildman–Crippen LogP) is 3.98. The zero-order chi connectivity index (χ0) is 11.7. The number of halogens is 1. The molecule has 0 unspecified atom stereocenters. The first-order valence-corrected chi connectivity index (χ1v) is 7.33. The molecule has 2 nitrogen and oxygen atoms in total. The molecule has 1 aliphatic heterocycles. The van der Waals surface area contributed by atoms with Crippen LogP contribution in [0.25, 0.3) is 0 Å². The third kappa shape index (κ3) is 2.30. The molecule has 3 rings (SSSR count). The second-order valence-corrected chi connectivity index (χ2v) is 5.86. The van der Waals surface area contributed by atoms with Gasteiger partial charge >= 0.3 is 0 Å². The van der Waals surface area contributed by atoms with Crippen molar-refractivity contribution in [3.8, 4) is 5.75 Å². The van der Waals surface area contributed by atoms with Crippen molar-refractivity contribution < 1.29 is 4.74 Å². The van der Waals surface area contributed by atoms with E-state index in [2.05, 4.69) is 39.0 Å². The highest BCUT2D eigenvalue weighted by molar-refractivity contribution is 9.10. The van der Waals surface area contributed by atoms with Gasteiger partial charge in [-0.2, -0.15) is 0 Å². The van der Waals surface area contributed by atoms with Gasteiger partial charge in [-0.25, -0.2) is 0 Å². The normalized spacial score (nSPS) is 20.9. The second-order valence-electron chi connectivity index (χ2n) is 4.95. The van der Waals surface area contributed by atoms with E-state index in [1.54, 1.807) is 0 Å². The van der Waals surface area contributed by atoms with Crippen molar-refractivity contribution in [2.75, 3.05) is 18.1 Å². The van der Waals surface area contributed by atoms with Gasteiger partial charge in [-0.3, -0.25) is 0 Å². The summed E-state index contributed by atoms with van der Waals surface area (Å²) >= 11 is 3.51. The zero-order valence-corrected chi connectivity index (χ0v) is 11.6. The summed E-state index contributed by atoms with van der Waals surface area (Å²) in [6, 6.07) is 7.12. The van der Waals surface area contributed by atoms with Crippen molar-refractivity contribution >= 4 is 21.6 Å². The first-order valence-electron chi connectivity index (χ1n) is 6.53. The molecule has 0 bridgehead atoms. The van der Waals surface area contributed by atoms with Crippen molar-refractivity contribution in [3.63, 3.8) is 0 Å². The van der Waals surface area contributed by atoms with Crippen molar-refractivity contribution in [1.29, 1.82) is 0 Å². The van der Waals surface area contributed by atoms with Gasteiger partial charge < -0.3 is 9.64 Å². The quantitative estimate of drug-likeness (QED) is 0.777. The molecule has 0 spiro atoms. The number of rotatable bonds is 1. The van der Waals surface area contributed by atoms with Crippen LogP contribution in [0.1, 0.15) is 32.1 Å². The first kappa shape index (κ1) is 11.4. The fraction of sp³-hybridized carbons (Fsp3) is 0.571. The van der Waals surface area contributed by atoms with Crippen molar-refractivity contribution in [1.82, 2.24) is 0 Å². The molecule has 1 aliphatic carbocycles. The Bertz CT molecular complexity index is 401. The number of anilines is 1. The van der Waals surface area contributed by atoms with Gasteiger partial charge in [0.25, 0.3) is 0 Å². The summed E-state index contributed by atoms with van der Waals surface area (Å²) in [7, 11) is 0. The zero-order valence-electron chi connectivity index (χ0n) is 9.99. The van der Waals surface area contributed by atoms with Crippen LogP contribution in [0.15, 0.2) is 22.7 Å². The highest BCUT2D eigenvalue weighted by atomic mass is 79.9. The topological polar surface area (TPSA) is 12.5 Å². The van der Waals surface area contributed by atoms with E-state index in [9.17, 15) is 0 Å². The summed E-state index contributed by atoms with van der Waals surface area (Å²) in [5.41, 5.74) is 1.28. The Kier molecular flexibility index (Phi) is 3.28. The number of nitrogens with zero attached hydrogens (tertiary/aromatic N) is 1. The minimum Gasteiger partial charge on any atom is -0.490 e. The van der Waals surface area contributed by atoms with E-state index in [1.165, 1.54) is 37.8 Å².